The van der Waals surface area contributed by atoms with Gasteiger partial charge in [0.25, 0.3) is 0 Å². The lowest BCUT2D eigenvalue weighted by atomic mass is 9.90. The number of hydrogen-bond donors (Lipinski definition) is 2. The first kappa shape index (κ1) is 11.9. The second kappa shape index (κ2) is 4.74. The first-order valence-corrected chi connectivity index (χ1v) is 6.74. The van der Waals surface area contributed by atoms with Crippen LogP contribution in [0.3, 0.4) is 0 Å². The molecule has 1 aliphatic heterocycles. The Balaban J connectivity index is 1.93. The van der Waals surface area contributed by atoms with Crippen LogP contribution in [0.4, 0.5) is 0 Å². The van der Waals surface area contributed by atoms with Crippen molar-refractivity contribution in [2.75, 3.05) is 6.54 Å². The van der Waals surface area contributed by atoms with Crippen LogP contribution in [0.25, 0.3) is 0 Å². The molecule has 2 atom stereocenters. The smallest absolute Gasteiger partial charge is 0.240 e. The molecule has 0 bridgehead atoms. The maximum absolute atomic E-state index is 12.3. The van der Waals surface area contributed by atoms with Gasteiger partial charge in [-0.25, -0.2) is 0 Å². The third-order valence-corrected chi connectivity index (χ3v) is 4.04. The van der Waals surface area contributed by atoms with Crippen molar-refractivity contribution in [3.63, 3.8) is 0 Å². The Bertz CT molecular complexity index is 255. The van der Waals surface area contributed by atoms with Gasteiger partial charge in [0.05, 0.1) is 5.54 Å². The van der Waals surface area contributed by atoms with Crippen LogP contribution in [0.2, 0.25) is 0 Å². The van der Waals surface area contributed by atoms with Crippen molar-refractivity contribution in [2.24, 2.45) is 5.92 Å². The summed E-state index contributed by atoms with van der Waals surface area (Å²) in [5, 5.41) is 6.63. The molecule has 1 aliphatic carbocycles. The molecule has 0 radical (unpaired) electrons. The van der Waals surface area contributed by atoms with Gasteiger partial charge in [-0.3, -0.25) is 4.79 Å². The second-order valence-electron chi connectivity index (χ2n) is 5.46. The van der Waals surface area contributed by atoms with E-state index in [0.29, 0.717) is 6.04 Å². The van der Waals surface area contributed by atoms with Crippen LogP contribution in [-0.2, 0) is 4.79 Å². The van der Waals surface area contributed by atoms with Crippen molar-refractivity contribution in [1.82, 2.24) is 10.6 Å². The number of nitrogens with one attached hydrogen (secondary N) is 2. The minimum Gasteiger partial charge on any atom is -0.352 e. The summed E-state index contributed by atoms with van der Waals surface area (Å²) >= 11 is 0. The summed E-state index contributed by atoms with van der Waals surface area (Å²) < 4.78 is 0. The van der Waals surface area contributed by atoms with Crippen LogP contribution in [0.15, 0.2) is 0 Å². The Labute approximate surface area is 98.4 Å². The largest absolute Gasteiger partial charge is 0.352 e. The van der Waals surface area contributed by atoms with E-state index in [1.54, 1.807) is 0 Å². The summed E-state index contributed by atoms with van der Waals surface area (Å²) in [6, 6.07) is 0.364. The molecule has 16 heavy (non-hydrogen) atoms. The predicted molar refractivity (Wildman–Crippen MR) is 65.2 cm³/mol. The fourth-order valence-electron chi connectivity index (χ4n) is 2.81. The highest BCUT2D eigenvalue weighted by atomic mass is 16.2. The molecule has 2 unspecified atom stereocenters. The number of carbonyl (C=O) groups excluding carboxylic acids is 1. The van der Waals surface area contributed by atoms with E-state index in [0.717, 1.165) is 38.1 Å². The van der Waals surface area contributed by atoms with Crippen LogP contribution in [0.1, 0.15) is 52.4 Å². The SMILES string of the molecule is CCCC1(C(=O)NC(C)C2CC2)CCCN1. The van der Waals surface area contributed by atoms with Crippen LogP contribution < -0.4 is 10.6 Å². The molecule has 2 aliphatic rings. The second-order valence-corrected chi connectivity index (χ2v) is 5.46. The summed E-state index contributed by atoms with van der Waals surface area (Å²) in [6.45, 7) is 5.29. The Hall–Kier alpha value is -0.570. The maximum atomic E-state index is 12.3. The molecule has 1 heterocycles. The lowest BCUT2D eigenvalue weighted by Gasteiger charge is -2.29. The van der Waals surface area contributed by atoms with Crippen LogP contribution in [-0.4, -0.2) is 24.0 Å². The van der Waals surface area contributed by atoms with Crippen molar-refractivity contribution in [2.45, 2.75) is 64.0 Å². The highest BCUT2D eigenvalue weighted by molar-refractivity contribution is 5.87. The fraction of sp³-hybridized carbons (Fsp3) is 0.923. The monoisotopic (exact) mass is 224 g/mol. The Morgan fingerprint density at radius 1 is 1.56 bits per heavy atom. The van der Waals surface area contributed by atoms with E-state index >= 15 is 0 Å². The summed E-state index contributed by atoms with van der Waals surface area (Å²) in [5.41, 5.74) is -0.252. The van der Waals surface area contributed by atoms with Gasteiger partial charge in [-0.15, -0.1) is 0 Å². The molecular formula is C13H24N2O. The van der Waals surface area contributed by atoms with Crippen molar-refractivity contribution in [3.8, 4) is 0 Å². The summed E-state index contributed by atoms with van der Waals surface area (Å²) in [4.78, 5) is 12.3. The average molecular weight is 224 g/mol. The molecule has 0 spiro atoms. The molecule has 1 saturated heterocycles. The van der Waals surface area contributed by atoms with E-state index in [-0.39, 0.29) is 11.4 Å². The molecule has 92 valence electrons. The summed E-state index contributed by atoms with van der Waals surface area (Å²) in [6.07, 6.45) is 6.75. The minimum atomic E-state index is -0.252. The molecule has 3 nitrogen and oxygen atoms in total. The topological polar surface area (TPSA) is 41.1 Å². The highest BCUT2D eigenvalue weighted by Gasteiger charge is 2.41. The first-order chi connectivity index (χ1) is 7.68. The Kier molecular flexibility index (Phi) is 3.53. The standard InChI is InChI=1S/C13H24N2O/c1-3-7-13(8-4-9-14-13)12(16)15-10(2)11-5-6-11/h10-11,14H,3-9H2,1-2H3,(H,15,16). The fourth-order valence-corrected chi connectivity index (χ4v) is 2.81. The van der Waals surface area contributed by atoms with E-state index in [9.17, 15) is 4.79 Å². The quantitative estimate of drug-likeness (QED) is 0.748. The lowest BCUT2D eigenvalue weighted by molar-refractivity contribution is -0.128. The van der Waals surface area contributed by atoms with E-state index in [2.05, 4.69) is 24.5 Å². The molecular weight excluding hydrogens is 200 g/mol. The van der Waals surface area contributed by atoms with E-state index in [1.807, 2.05) is 0 Å². The van der Waals surface area contributed by atoms with Gasteiger partial charge >= 0.3 is 0 Å². The molecule has 0 aromatic rings. The molecule has 1 amide bonds. The van der Waals surface area contributed by atoms with Crippen molar-refractivity contribution >= 4 is 5.91 Å². The molecule has 0 aromatic heterocycles. The van der Waals surface area contributed by atoms with Crippen LogP contribution in [0.5, 0.6) is 0 Å². The van der Waals surface area contributed by atoms with Gasteiger partial charge < -0.3 is 10.6 Å². The molecule has 1 saturated carbocycles. The van der Waals surface area contributed by atoms with Gasteiger partial charge in [0.1, 0.15) is 0 Å². The summed E-state index contributed by atoms with van der Waals surface area (Å²) in [7, 11) is 0. The van der Waals surface area contributed by atoms with E-state index in [1.165, 1.54) is 12.8 Å². The van der Waals surface area contributed by atoms with Gasteiger partial charge in [0.15, 0.2) is 0 Å². The molecule has 3 heteroatoms. The number of carbonyl (C=O) groups is 1. The van der Waals surface area contributed by atoms with Gasteiger partial charge in [-0.1, -0.05) is 13.3 Å². The Morgan fingerprint density at radius 3 is 2.81 bits per heavy atom. The van der Waals surface area contributed by atoms with Gasteiger partial charge in [-0.2, -0.15) is 0 Å². The zero-order valence-electron chi connectivity index (χ0n) is 10.5. The van der Waals surface area contributed by atoms with Gasteiger partial charge in [-0.05, 0) is 51.5 Å². The normalized spacial score (nSPS) is 31.4. The number of amides is 1. The predicted octanol–water partition coefficient (Wildman–Crippen LogP) is 1.82. The number of rotatable bonds is 5. The third kappa shape index (κ3) is 2.40. The van der Waals surface area contributed by atoms with E-state index < -0.39 is 0 Å². The zero-order valence-corrected chi connectivity index (χ0v) is 10.5. The van der Waals surface area contributed by atoms with Crippen molar-refractivity contribution < 1.29 is 4.79 Å². The van der Waals surface area contributed by atoms with Gasteiger partial charge in [0, 0.05) is 6.04 Å². The molecule has 0 aromatic carbocycles. The zero-order chi connectivity index (χ0) is 11.6. The highest BCUT2D eigenvalue weighted by Crippen LogP contribution is 2.33. The first-order valence-electron chi connectivity index (χ1n) is 6.74. The van der Waals surface area contributed by atoms with Gasteiger partial charge in [0.2, 0.25) is 5.91 Å². The Morgan fingerprint density at radius 2 is 2.31 bits per heavy atom. The lowest BCUT2D eigenvalue weighted by Crippen LogP contribution is -2.55. The van der Waals surface area contributed by atoms with Crippen molar-refractivity contribution in [3.05, 3.63) is 0 Å². The molecule has 2 rings (SSSR count). The molecule has 2 N–H and O–H groups in total. The van der Waals surface area contributed by atoms with Crippen LogP contribution >= 0.6 is 0 Å². The average Bonchev–Trinajstić information content (AvgIpc) is 3.00. The molecule has 2 fully saturated rings. The van der Waals surface area contributed by atoms with Crippen LogP contribution in [0, 0.1) is 5.92 Å². The van der Waals surface area contributed by atoms with E-state index in [4.69, 9.17) is 0 Å². The third-order valence-electron chi connectivity index (χ3n) is 4.04. The van der Waals surface area contributed by atoms with Crippen molar-refractivity contribution in [1.29, 1.82) is 0 Å². The summed E-state index contributed by atoms with van der Waals surface area (Å²) in [5.74, 6) is 0.982. The maximum Gasteiger partial charge on any atom is 0.240 e. The minimum absolute atomic E-state index is 0.242. The number of hydrogen-bond acceptors (Lipinski definition) is 2.